The normalized spacial score (nSPS) is 15.0. The van der Waals surface area contributed by atoms with E-state index in [1.807, 2.05) is 60.7 Å². The second kappa shape index (κ2) is 15.3. The summed E-state index contributed by atoms with van der Waals surface area (Å²) in [5.41, 5.74) is 1.83. The monoisotopic (exact) mass is 539 g/mol. The number of nitrogens with one attached hydrogen (secondary N) is 3. The maximum Gasteiger partial charge on any atom is 0.328 e. The summed E-state index contributed by atoms with van der Waals surface area (Å²) >= 11 is 0. The van der Waals surface area contributed by atoms with Gasteiger partial charge in [-0.05, 0) is 11.1 Å². The molecule has 2 aromatic rings. The van der Waals surface area contributed by atoms with E-state index < -0.39 is 30.1 Å². The Morgan fingerprint density at radius 3 is 1.72 bits per heavy atom. The third-order valence-electron chi connectivity index (χ3n) is 6.51. The summed E-state index contributed by atoms with van der Waals surface area (Å²) in [5, 5.41) is 8.27. The number of benzene rings is 2. The van der Waals surface area contributed by atoms with Gasteiger partial charge in [0, 0.05) is 52.1 Å². The van der Waals surface area contributed by atoms with Gasteiger partial charge < -0.3 is 30.3 Å². The summed E-state index contributed by atoms with van der Waals surface area (Å²) in [4.78, 5) is 53.4. The van der Waals surface area contributed by atoms with Crippen LogP contribution in [0.3, 0.4) is 0 Å². The molecule has 2 aromatic carbocycles. The number of carbonyl (C=O) groups is 4. The van der Waals surface area contributed by atoms with E-state index in [2.05, 4.69) is 20.9 Å². The topological polar surface area (TPSA) is 129 Å². The summed E-state index contributed by atoms with van der Waals surface area (Å²) in [5.74, 6) is -1.00. The molecule has 1 aliphatic heterocycles. The Morgan fingerprint density at radius 1 is 0.744 bits per heavy atom. The van der Waals surface area contributed by atoms with E-state index in [1.165, 1.54) is 14.2 Å². The van der Waals surface area contributed by atoms with Crippen LogP contribution >= 0.6 is 0 Å². The number of amides is 4. The van der Waals surface area contributed by atoms with Gasteiger partial charge in [0.25, 0.3) is 0 Å². The fourth-order valence-corrected chi connectivity index (χ4v) is 4.32. The lowest BCUT2D eigenvalue weighted by molar-refractivity contribution is -0.143. The molecule has 0 bridgehead atoms. The Balaban J connectivity index is 1.39. The quantitative estimate of drug-likeness (QED) is 0.366. The van der Waals surface area contributed by atoms with E-state index in [9.17, 15) is 19.2 Å². The summed E-state index contributed by atoms with van der Waals surface area (Å²) in [6, 6.07) is 16.5. The largest absolute Gasteiger partial charge is 0.467 e. The van der Waals surface area contributed by atoms with E-state index in [0.717, 1.165) is 11.1 Å². The van der Waals surface area contributed by atoms with Crippen molar-refractivity contribution >= 4 is 24.0 Å². The molecule has 0 aliphatic carbocycles. The van der Waals surface area contributed by atoms with Crippen molar-refractivity contribution < 1.29 is 28.7 Å². The van der Waals surface area contributed by atoms with Crippen LogP contribution in [0.5, 0.6) is 0 Å². The predicted octanol–water partition coefficient (Wildman–Crippen LogP) is 1.18. The molecule has 0 unspecified atom stereocenters. The average molecular weight is 540 g/mol. The van der Waals surface area contributed by atoms with Crippen molar-refractivity contribution in [1.29, 1.82) is 0 Å². The number of urea groups is 2. The number of esters is 2. The minimum atomic E-state index is -0.796. The first-order valence-electron chi connectivity index (χ1n) is 12.9. The van der Waals surface area contributed by atoms with Gasteiger partial charge in [0.15, 0.2) is 0 Å². The standard InChI is InChI=1S/C28H37N5O6/c1-38-25(34)23(19-21-9-5-3-6-10-21)30-27(36)29-13-14-32-15-17-33(18-16-32)28(37)31-24(26(35)39-2)20-22-11-7-4-8-12-22/h3-12,23-24H,13-20H2,1-2H3,(H,31,37)(H2,29,30,36)/t23-,24-/m0/s1. The van der Waals surface area contributed by atoms with Crippen molar-refractivity contribution in [3.05, 3.63) is 71.8 Å². The Hall–Kier alpha value is -4.12. The zero-order valence-electron chi connectivity index (χ0n) is 22.4. The van der Waals surface area contributed by atoms with Crippen LogP contribution in [-0.4, -0.2) is 99.4 Å². The molecule has 1 saturated heterocycles. The van der Waals surface area contributed by atoms with E-state index in [4.69, 9.17) is 9.47 Å². The molecule has 3 N–H and O–H groups in total. The maximum absolute atomic E-state index is 12.8. The highest BCUT2D eigenvalue weighted by Gasteiger charge is 2.27. The molecular formula is C28H37N5O6. The molecule has 0 saturated carbocycles. The highest BCUT2D eigenvalue weighted by molar-refractivity contribution is 5.84. The van der Waals surface area contributed by atoms with Crippen LogP contribution in [0.4, 0.5) is 9.59 Å². The summed E-state index contributed by atoms with van der Waals surface area (Å²) in [7, 11) is 2.59. The fourth-order valence-electron chi connectivity index (χ4n) is 4.32. The highest BCUT2D eigenvalue weighted by atomic mass is 16.5. The van der Waals surface area contributed by atoms with Crippen LogP contribution in [0.2, 0.25) is 0 Å². The highest BCUT2D eigenvalue weighted by Crippen LogP contribution is 2.08. The Kier molecular flexibility index (Phi) is 11.6. The molecule has 210 valence electrons. The summed E-state index contributed by atoms with van der Waals surface area (Å²) < 4.78 is 9.72. The molecule has 11 heteroatoms. The van der Waals surface area contributed by atoms with Crippen molar-refractivity contribution in [2.24, 2.45) is 0 Å². The van der Waals surface area contributed by atoms with Crippen LogP contribution in [0, 0.1) is 0 Å². The lowest BCUT2D eigenvalue weighted by atomic mass is 10.1. The van der Waals surface area contributed by atoms with Crippen molar-refractivity contribution in [3.63, 3.8) is 0 Å². The third kappa shape index (κ3) is 9.60. The van der Waals surface area contributed by atoms with Crippen LogP contribution in [-0.2, 0) is 31.9 Å². The van der Waals surface area contributed by atoms with Crippen LogP contribution in [0.1, 0.15) is 11.1 Å². The first-order chi connectivity index (χ1) is 18.9. The zero-order chi connectivity index (χ0) is 28.0. The molecule has 0 radical (unpaired) electrons. The zero-order valence-corrected chi connectivity index (χ0v) is 22.4. The number of methoxy groups -OCH3 is 2. The van der Waals surface area contributed by atoms with E-state index in [0.29, 0.717) is 52.1 Å². The molecule has 0 aromatic heterocycles. The van der Waals surface area contributed by atoms with Crippen LogP contribution < -0.4 is 16.0 Å². The van der Waals surface area contributed by atoms with Crippen molar-refractivity contribution in [2.45, 2.75) is 24.9 Å². The van der Waals surface area contributed by atoms with Crippen LogP contribution in [0.25, 0.3) is 0 Å². The molecule has 4 amide bonds. The van der Waals surface area contributed by atoms with Gasteiger partial charge in [-0.2, -0.15) is 0 Å². The van der Waals surface area contributed by atoms with E-state index in [-0.39, 0.29) is 6.03 Å². The van der Waals surface area contributed by atoms with Crippen molar-refractivity contribution in [2.75, 3.05) is 53.5 Å². The Morgan fingerprint density at radius 2 is 1.23 bits per heavy atom. The minimum Gasteiger partial charge on any atom is -0.467 e. The number of rotatable bonds is 11. The predicted molar refractivity (Wildman–Crippen MR) is 145 cm³/mol. The van der Waals surface area contributed by atoms with Crippen molar-refractivity contribution in [3.8, 4) is 0 Å². The third-order valence-corrected chi connectivity index (χ3v) is 6.51. The van der Waals surface area contributed by atoms with Crippen LogP contribution in [0.15, 0.2) is 60.7 Å². The Bertz CT molecular complexity index is 1070. The number of hydrogen-bond donors (Lipinski definition) is 3. The molecule has 2 atom stereocenters. The lowest BCUT2D eigenvalue weighted by Gasteiger charge is -2.35. The Labute approximate surface area is 228 Å². The minimum absolute atomic E-state index is 0.314. The van der Waals surface area contributed by atoms with Gasteiger partial charge in [-0.1, -0.05) is 60.7 Å². The van der Waals surface area contributed by atoms with Gasteiger partial charge in [0.1, 0.15) is 12.1 Å². The van der Waals surface area contributed by atoms with E-state index in [1.54, 1.807) is 4.90 Å². The molecule has 1 heterocycles. The van der Waals surface area contributed by atoms with Crippen molar-refractivity contribution in [1.82, 2.24) is 25.8 Å². The fraction of sp³-hybridized carbons (Fsp3) is 0.429. The van der Waals surface area contributed by atoms with Gasteiger partial charge in [-0.3, -0.25) is 4.90 Å². The number of hydrogen-bond acceptors (Lipinski definition) is 7. The van der Waals surface area contributed by atoms with Gasteiger partial charge in [0.05, 0.1) is 14.2 Å². The number of nitrogens with zero attached hydrogens (tertiary/aromatic N) is 2. The smallest absolute Gasteiger partial charge is 0.328 e. The van der Waals surface area contributed by atoms with Gasteiger partial charge >= 0.3 is 24.0 Å². The summed E-state index contributed by atoms with van der Waals surface area (Å²) in [6.07, 6.45) is 0.669. The second-order valence-electron chi connectivity index (χ2n) is 9.21. The van der Waals surface area contributed by atoms with Gasteiger partial charge in [0.2, 0.25) is 0 Å². The SMILES string of the molecule is COC(=O)[C@H](Cc1ccccc1)NC(=O)NCCN1CCN(C(=O)N[C@@H](Cc2ccccc2)C(=O)OC)CC1. The number of carbonyl (C=O) groups excluding carboxylic acids is 4. The number of piperazine rings is 1. The number of ether oxygens (including phenoxy) is 2. The van der Waals surface area contributed by atoms with E-state index >= 15 is 0 Å². The lowest BCUT2D eigenvalue weighted by Crippen LogP contribution is -2.56. The molecular weight excluding hydrogens is 502 g/mol. The van der Waals surface area contributed by atoms with Gasteiger partial charge in [-0.25, -0.2) is 19.2 Å². The molecule has 11 nitrogen and oxygen atoms in total. The molecule has 3 rings (SSSR count). The molecule has 1 fully saturated rings. The summed E-state index contributed by atoms with van der Waals surface area (Å²) in [6.45, 7) is 3.17. The first-order valence-corrected chi connectivity index (χ1v) is 12.9. The molecule has 0 spiro atoms. The molecule has 1 aliphatic rings. The first kappa shape index (κ1) is 29.4. The maximum atomic E-state index is 12.8. The average Bonchev–Trinajstić information content (AvgIpc) is 2.97. The molecule has 39 heavy (non-hydrogen) atoms. The van der Waals surface area contributed by atoms with Gasteiger partial charge in [-0.15, -0.1) is 0 Å². The second-order valence-corrected chi connectivity index (χ2v) is 9.21.